The predicted molar refractivity (Wildman–Crippen MR) is 74.1 cm³/mol. The highest BCUT2D eigenvalue weighted by molar-refractivity contribution is 8.00. The lowest BCUT2D eigenvalue weighted by Gasteiger charge is -2.14. The minimum absolute atomic E-state index is 0.0553. The Hall–Kier alpha value is -0.980. The van der Waals surface area contributed by atoms with E-state index in [1.807, 2.05) is 6.92 Å². The molecule has 0 aliphatic rings. The first-order valence-corrected chi connectivity index (χ1v) is 6.98. The topological polar surface area (TPSA) is 35.8 Å². The Morgan fingerprint density at radius 3 is 2.76 bits per heavy atom. The molecular weight excluding hydrogens is 228 g/mol. The maximum Gasteiger partial charge on any atom is 0.0961 e. The summed E-state index contributed by atoms with van der Waals surface area (Å²) >= 11 is 1.65. The molecule has 2 unspecified atom stereocenters. The van der Waals surface area contributed by atoms with E-state index in [1.165, 1.54) is 10.5 Å². The summed E-state index contributed by atoms with van der Waals surface area (Å²) in [6.07, 6.45) is 0.883. The number of hydrogen-bond acceptors (Lipinski definition) is 3. The Bertz CT molecular complexity index is 384. The van der Waals surface area contributed by atoms with Crippen molar-refractivity contribution in [3.05, 3.63) is 29.8 Å². The van der Waals surface area contributed by atoms with Crippen LogP contribution in [0.1, 0.15) is 38.8 Å². The second-order valence-electron chi connectivity index (χ2n) is 4.00. The van der Waals surface area contributed by atoms with E-state index in [4.69, 9.17) is 5.26 Å². The van der Waals surface area contributed by atoms with Crippen LogP contribution in [0.15, 0.2) is 29.2 Å². The fourth-order valence-corrected chi connectivity index (χ4v) is 2.56. The average Bonchev–Trinajstić information content (AvgIpc) is 2.36. The molecule has 1 aromatic carbocycles. The molecule has 0 aliphatic heterocycles. The first kappa shape index (κ1) is 14.1. The van der Waals surface area contributed by atoms with Crippen molar-refractivity contribution in [2.75, 3.05) is 6.54 Å². The van der Waals surface area contributed by atoms with Gasteiger partial charge in [0.25, 0.3) is 0 Å². The Balaban J connectivity index is 2.75. The third-order valence-electron chi connectivity index (χ3n) is 2.66. The molecule has 0 radical (unpaired) electrons. The molecule has 3 heteroatoms. The van der Waals surface area contributed by atoms with Gasteiger partial charge in [0.2, 0.25) is 0 Å². The summed E-state index contributed by atoms with van der Waals surface area (Å²) in [5.41, 5.74) is 1.28. The van der Waals surface area contributed by atoms with E-state index in [1.54, 1.807) is 11.8 Å². The van der Waals surface area contributed by atoms with E-state index in [-0.39, 0.29) is 5.25 Å². The third-order valence-corrected chi connectivity index (χ3v) is 3.91. The summed E-state index contributed by atoms with van der Waals surface area (Å²) in [4.78, 5) is 1.18. The van der Waals surface area contributed by atoms with E-state index in [0.29, 0.717) is 6.04 Å². The molecule has 0 saturated heterocycles. The minimum atomic E-state index is 0.0553. The van der Waals surface area contributed by atoms with Gasteiger partial charge in [-0.1, -0.05) is 26.0 Å². The number of benzene rings is 1. The average molecular weight is 248 g/mol. The number of nitrogens with one attached hydrogen (secondary N) is 1. The number of thioether (sulfide) groups is 1. The molecule has 17 heavy (non-hydrogen) atoms. The van der Waals surface area contributed by atoms with Crippen molar-refractivity contribution in [1.29, 1.82) is 5.26 Å². The zero-order valence-electron chi connectivity index (χ0n) is 10.7. The molecule has 0 saturated carbocycles. The molecule has 1 aromatic rings. The number of hydrogen-bond donors (Lipinski definition) is 1. The van der Waals surface area contributed by atoms with Gasteiger partial charge >= 0.3 is 0 Å². The van der Waals surface area contributed by atoms with Gasteiger partial charge in [-0.2, -0.15) is 5.26 Å². The lowest BCUT2D eigenvalue weighted by Crippen LogP contribution is -2.17. The fraction of sp³-hybridized carbons (Fsp3) is 0.500. The van der Waals surface area contributed by atoms with Gasteiger partial charge in [0, 0.05) is 10.9 Å². The van der Waals surface area contributed by atoms with E-state index in [9.17, 15) is 0 Å². The van der Waals surface area contributed by atoms with E-state index in [0.717, 1.165) is 13.0 Å². The number of nitriles is 1. The molecule has 0 aromatic heterocycles. The summed E-state index contributed by atoms with van der Waals surface area (Å²) in [5, 5.41) is 12.4. The monoisotopic (exact) mass is 248 g/mol. The maximum absolute atomic E-state index is 8.97. The van der Waals surface area contributed by atoms with Crippen molar-refractivity contribution in [1.82, 2.24) is 5.32 Å². The van der Waals surface area contributed by atoms with Crippen LogP contribution in [0.4, 0.5) is 0 Å². The van der Waals surface area contributed by atoms with Crippen molar-refractivity contribution in [3.63, 3.8) is 0 Å². The van der Waals surface area contributed by atoms with Gasteiger partial charge in [0.15, 0.2) is 0 Å². The predicted octanol–water partition coefficient (Wildman–Crippen LogP) is 3.75. The van der Waals surface area contributed by atoms with E-state index in [2.05, 4.69) is 49.5 Å². The van der Waals surface area contributed by atoms with Gasteiger partial charge in [-0.3, -0.25) is 0 Å². The minimum Gasteiger partial charge on any atom is -0.310 e. The van der Waals surface area contributed by atoms with Crippen molar-refractivity contribution in [2.45, 2.75) is 43.4 Å². The van der Waals surface area contributed by atoms with Crippen LogP contribution in [0.2, 0.25) is 0 Å². The molecule has 2 nitrogen and oxygen atoms in total. The van der Waals surface area contributed by atoms with Gasteiger partial charge in [0.05, 0.1) is 11.3 Å². The second-order valence-corrected chi connectivity index (χ2v) is 5.27. The smallest absolute Gasteiger partial charge is 0.0961 e. The third kappa shape index (κ3) is 4.41. The molecule has 2 atom stereocenters. The van der Waals surface area contributed by atoms with Crippen LogP contribution in [0.5, 0.6) is 0 Å². The Morgan fingerprint density at radius 1 is 1.41 bits per heavy atom. The fourth-order valence-electron chi connectivity index (χ4n) is 1.65. The summed E-state index contributed by atoms with van der Waals surface area (Å²) in [5.74, 6) is 0. The molecule has 0 aliphatic carbocycles. The van der Waals surface area contributed by atoms with Crippen molar-refractivity contribution in [2.24, 2.45) is 0 Å². The summed E-state index contributed by atoms with van der Waals surface area (Å²) in [7, 11) is 0. The molecule has 0 spiro atoms. The molecule has 0 fully saturated rings. The van der Waals surface area contributed by atoms with Gasteiger partial charge in [-0.15, -0.1) is 11.8 Å². The lowest BCUT2D eigenvalue weighted by molar-refractivity contribution is 0.597. The Kier molecular flexibility index (Phi) is 6.10. The zero-order valence-corrected chi connectivity index (χ0v) is 11.6. The van der Waals surface area contributed by atoms with Gasteiger partial charge in [0.1, 0.15) is 0 Å². The van der Waals surface area contributed by atoms with Gasteiger partial charge < -0.3 is 5.32 Å². The molecule has 1 N–H and O–H groups in total. The van der Waals surface area contributed by atoms with Crippen LogP contribution in [-0.2, 0) is 0 Å². The van der Waals surface area contributed by atoms with Crippen LogP contribution in [0, 0.1) is 11.3 Å². The lowest BCUT2D eigenvalue weighted by atomic mass is 10.1. The molecule has 0 bridgehead atoms. The van der Waals surface area contributed by atoms with E-state index < -0.39 is 0 Å². The van der Waals surface area contributed by atoms with Crippen LogP contribution in [-0.4, -0.2) is 11.8 Å². The largest absolute Gasteiger partial charge is 0.310 e. The van der Waals surface area contributed by atoms with Crippen LogP contribution in [0.25, 0.3) is 0 Å². The second kappa shape index (κ2) is 7.37. The maximum atomic E-state index is 8.97. The number of rotatable bonds is 6. The molecule has 1 rings (SSSR count). The van der Waals surface area contributed by atoms with Crippen molar-refractivity contribution < 1.29 is 0 Å². The van der Waals surface area contributed by atoms with Gasteiger partial charge in [-0.25, -0.2) is 0 Å². The highest BCUT2D eigenvalue weighted by atomic mass is 32.2. The van der Waals surface area contributed by atoms with Crippen LogP contribution in [0.3, 0.4) is 0 Å². The highest BCUT2D eigenvalue weighted by Crippen LogP contribution is 2.27. The normalized spacial score (nSPS) is 14.0. The molecule has 0 heterocycles. The Labute approximate surface area is 108 Å². The Morgan fingerprint density at radius 2 is 2.18 bits per heavy atom. The molecule has 0 amide bonds. The van der Waals surface area contributed by atoms with Gasteiger partial charge in [-0.05, 0) is 37.6 Å². The number of nitrogens with zero attached hydrogens (tertiary/aromatic N) is 1. The SMILES string of the molecule is CCNC(C)c1cccc(SC(C#N)CC)c1. The molecule has 92 valence electrons. The summed E-state index contributed by atoms with van der Waals surface area (Å²) < 4.78 is 0. The van der Waals surface area contributed by atoms with Crippen molar-refractivity contribution in [3.8, 4) is 6.07 Å². The summed E-state index contributed by atoms with van der Waals surface area (Å²) in [6.45, 7) is 7.28. The van der Waals surface area contributed by atoms with Crippen LogP contribution >= 0.6 is 11.8 Å². The summed E-state index contributed by atoms with van der Waals surface area (Å²) in [6, 6.07) is 11.1. The quantitative estimate of drug-likeness (QED) is 0.779. The van der Waals surface area contributed by atoms with Crippen LogP contribution < -0.4 is 5.32 Å². The molecular formula is C14H20N2S. The van der Waals surface area contributed by atoms with Crippen molar-refractivity contribution >= 4 is 11.8 Å². The zero-order chi connectivity index (χ0) is 12.7. The van der Waals surface area contributed by atoms with E-state index >= 15 is 0 Å². The first-order valence-electron chi connectivity index (χ1n) is 6.10. The first-order chi connectivity index (χ1) is 8.21. The standard InChI is InChI=1S/C14H20N2S/c1-4-13(10-15)17-14-8-6-7-12(9-14)11(3)16-5-2/h6-9,11,13,16H,4-5H2,1-3H3. The highest BCUT2D eigenvalue weighted by Gasteiger charge is 2.09.